The third kappa shape index (κ3) is 9.60. The minimum Gasteiger partial charge on any atom is -0.457 e. The van der Waals surface area contributed by atoms with Crippen LogP contribution in [0.2, 0.25) is 0 Å². The molecule has 0 saturated carbocycles. The lowest BCUT2D eigenvalue weighted by atomic mass is 10.0. The number of carbonyl (C=O) groups is 2. The Labute approximate surface area is 295 Å². The highest BCUT2D eigenvalue weighted by Crippen LogP contribution is 2.29. The minimum atomic E-state index is -4.22. The molecule has 0 aromatic heterocycles. The van der Waals surface area contributed by atoms with E-state index in [0.29, 0.717) is 11.5 Å². The maximum Gasteiger partial charge on any atom is 0.264 e. The van der Waals surface area contributed by atoms with Crippen LogP contribution in [0, 0.1) is 6.92 Å². The third-order valence-electron chi connectivity index (χ3n) is 7.96. The number of sulfonamides is 1. The first-order valence-electron chi connectivity index (χ1n) is 16.5. The normalized spacial score (nSPS) is 12.1. The van der Waals surface area contributed by atoms with Crippen molar-refractivity contribution in [2.45, 2.75) is 57.1 Å². The van der Waals surface area contributed by atoms with Gasteiger partial charge in [0, 0.05) is 18.5 Å². The number of nitrogens with one attached hydrogen (secondary N) is 1. The maximum atomic E-state index is 14.7. The topological polar surface area (TPSA) is 96.0 Å². The van der Waals surface area contributed by atoms with Crippen molar-refractivity contribution in [2.75, 3.05) is 10.8 Å². The Morgan fingerprint density at radius 3 is 1.82 bits per heavy atom. The largest absolute Gasteiger partial charge is 0.457 e. The van der Waals surface area contributed by atoms with Crippen LogP contribution in [0.15, 0.2) is 144 Å². The van der Waals surface area contributed by atoms with E-state index in [1.807, 2.05) is 113 Å². The fraction of sp³-hybridized carbons (Fsp3) is 0.220. The van der Waals surface area contributed by atoms with Crippen LogP contribution >= 0.6 is 0 Å². The standard InChI is InChI=1S/C41H43N3O5S/c1-31-20-22-33(23-21-31)29-43(38(40(46)42-41(2,3)4)28-32-14-8-5-9-15-32)39(45)30-44(50(47,48)37-18-12-7-13-19-37)34-24-26-36(27-25-34)49-35-16-10-6-11-17-35/h5-27,38H,28-30H2,1-4H3,(H,42,46)/t38-/m0/s1. The fourth-order valence-electron chi connectivity index (χ4n) is 5.45. The quantitative estimate of drug-likeness (QED) is 0.138. The first kappa shape index (κ1) is 35.9. The number of aryl methyl sites for hydroxylation is 1. The molecule has 0 heterocycles. The van der Waals surface area contributed by atoms with Gasteiger partial charge in [0.1, 0.15) is 24.1 Å². The van der Waals surface area contributed by atoms with Crippen molar-refractivity contribution in [3.8, 4) is 11.5 Å². The van der Waals surface area contributed by atoms with E-state index in [1.165, 1.54) is 17.0 Å². The van der Waals surface area contributed by atoms with Crippen molar-refractivity contribution < 1.29 is 22.7 Å². The number of amides is 2. The Kier molecular flexibility index (Phi) is 11.4. The number of nitrogens with zero attached hydrogens (tertiary/aromatic N) is 2. The van der Waals surface area contributed by atoms with Gasteiger partial charge < -0.3 is 15.0 Å². The van der Waals surface area contributed by atoms with E-state index in [2.05, 4.69) is 5.32 Å². The van der Waals surface area contributed by atoms with E-state index >= 15 is 0 Å². The van der Waals surface area contributed by atoms with E-state index in [0.717, 1.165) is 21.0 Å². The van der Waals surface area contributed by atoms with Crippen molar-refractivity contribution in [1.82, 2.24) is 10.2 Å². The van der Waals surface area contributed by atoms with E-state index in [-0.39, 0.29) is 29.5 Å². The molecule has 258 valence electrons. The zero-order valence-electron chi connectivity index (χ0n) is 28.8. The summed E-state index contributed by atoms with van der Waals surface area (Å²) in [5, 5.41) is 3.06. The molecule has 9 heteroatoms. The molecule has 0 aliphatic carbocycles. The smallest absolute Gasteiger partial charge is 0.264 e. The zero-order chi connectivity index (χ0) is 35.7. The molecular weight excluding hydrogens is 647 g/mol. The lowest BCUT2D eigenvalue weighted by molar-refractivity contribution is -0.140. The van der Waals surface area contributed by atoms with Crippen molar-refractivity contribution in [3.63, 3.8) is 0 Å². The van der Waals surface area contributed by atoms with E-state index in [4.69, 9.17) is 4.74 Å². The molecule has 8 nitrogen and oxygen atoms in total. The molecule has 1 N–H and O–H groups in total. The average Bonchev–Trinajstić information content (AvgIpc) is 3.10. The Morgan fingerprint density at radius 1 is 0.700 bits per heavy atom. The summed E-state index contributed by atoms with van der Waals surface area (Å²) in [6, 6.07) is 40.1. The molecule has 50 heavy (non-hydrogen) atoms. The number of para-hydroxylation sites is 1. The molecule has 0 aliphatic heterocycles. The predicted octanol–water partition coefficient (Wildman–Crippen LogP) is 7.54. The van der Waals surface area contributed by atoms with E-state index in [1.54, 1.807) is 42.5 Å². The molecule has 2 amide bonds. The second-order valence-electron chi connectivity index (χ2n) is 13.2. The molecule has 0 aliphatic rings. The Bertz CT molecular complexity index is 1960. The average molecular weight is 690 g/mol. The summed E-state index contributed by atoms with van der Waals surface area (Å²) in [4.78, 5) is 30.3. The van der Waals surface area contributed by atoms with Crippen LogP contribution in [0.25, 0.3) is 0 Å². The number of benzene rings is 5. The van der Waals surface area contributed by atoms with Gasteiger partial charge in [-0.1, -0.05) is 96.6 Å². The maximum absolute atomic E-state index is 14.7. The van der Waals surface area contributed by atoms with Crippen LogP contribution in [0.3, 0.4) is 0 Å². The highest BCUT2D eigenvalue weighted by atomic mass is 32.2. The second kappa shape index (κ2) is 15.9. The van der Waals surface area contributed by atoms with Crippen molar-refractivity contribution in [2.24, 2.45) is 0 Å². The van der Waals surface area contributed by atoms with Crippen LogP contribution in [0.4, 0.5) is 5.69 Å². The van der Waals surface area contributed by atoms with Gasteiger partial charge in [0.05, 0.1) is 10.6 Å². The van der Waals surface area contributed by atoms with Crippen molar-refractivity contribution in [3.05, 3.63) is 156 Å². The Hall–Kier alpha value is -5.41. The van der Waals surface area contributed by atoms with Gasteiger partial charge in [-0.25, -0.2) is 8.42 Å². The van der Waals surface area contributed by atoms with Crippen LogP contribution in [0.1, 0.15) is 37.5 Å². The monoisotopic (exact) mass is 689 g/mol. The van der Waals surface area contributed by atoms with Gasteiger partial charge in [0.2, 0.25) is 11.8 Å². The van der Waals surface area contributed by atoms with Gasteiger partial charge in [-0.2, -0.15) is 0 Å². The highest BCUT2D eigenvalue weighted by Gasteiger charge is 2.35. The van der Waals surface area contributed by atoms with Crippen molar-refractivity contribution in [1.29, 1.82) is 0 Å². The second-order valence-corrected chi connectivity index (χ2v) is 15.0. The summed E-state index contributed by atoms with van der Waals surface area (Å²) in [5.41, 5.74) is 2.43. The molecule has 5 aromatic carbocycles. The van der Waals surface area contributed by atoms with Crippen LogP contribution in [-0.2, 0) is 32.6 Å². The predicted molar refractivity (Wildman–Crippen MR) is 197 cm³/mol. The van der Waals surface area contributed by atoms with Gasteiger partial charge in [0.25, 0.3) is 10.0 Å². The molecule has 1 atom stereocenters. The van der Waals surface area contributed by atoms with Gasteiger partial charge in [-0.3, -0.25) is 13.9 Å². The summed E-state index contributed by atoms with van der Waals surface area (Å²) in [7, 11) is -4.22. The lowest BCUT2D eigenvalue weighted by Gasteiger charge is -2.35. The molecule has 5 aromatic rings. The molecule has 5 rings (SSSR count). The third-order valence-corrected chi connectivity index (χ3v) is 9.74. The molecule has 0 saturated heterocycles. The number of hydrogen-bond donors (Lipinski definition) is 1. The molecule has 0 radical (unpaired) electrons. The number of hydrogen-bond acceptors (Lipinski definition) is 5. The van der Waals surface area contributed by atoms with Crippen molar-refractivity contribution >= 4 is 27.5 Å². The highest BCUT2D eigenvalue weighted by molar-refractivity contribution is 7.92. The fourth-order valence-corrected chi connectivity index (χ4v) is 6.89. The van der Waals surface area contributed by atoms with Gasteiger partial charge in [-0.15, -0.1) is 0 Å². The summed E-state index contributed by atoms with van der Waals surface area (Å²) in [6.07, 6.45) is 0.233. The molecular formula is C41H43N3O5S. The van der Waals surface area contributed by atoms with Crippen LogP contribution < -0.4 is 14.4 Å². The number of carbonyl (C=O) groups excluding carboxylic acids is 2. The van der Waals surface area contributed by atoms with E-state index in [9.17, 15) is 18.0 Å². The Balaban J connectivity index is 1.56. The molecule has 0 spiro atoms. The minimum absolute atomic E-state index is 0.0359. The lowest BCUT2D eigenvalue weighted by Crippen LogP contribution is -2.56. The summed E-state index contributed by atoms with van der Waals surface area (Å²) in [6.45, 7) is 7.18. The van der Waals surface area contributed by atoms with Gasteiger partial charge in [0.15, 0.2) is 0 Å². The van der Waals surface area contributed by atoms with Crippen LogP contribution in [0.5, 0.6) is 11.5 Å². The molecule has 0 unspecified atom stereocenters. The number of rotatable bonds is 13. The number of anilines is 1. The number of ether oxygens (including phenoxy) is 1. The van der Waals surface area contributed by atoms with Crippen LogP contribution in [-0.4, -0.2) is 43.3 Å². The first-order chi connectivity index (χ1) is 23.9. The molecule has 0 fully saturated rings. The van der Waals surface area contributed by atoms with E-state index < -0.39 is 34.1 Å². The summed E-state index contributed by atoms with van der Waals surface area (Å²) in [5.74, 6) is 0.279. The molecule has 0 bridgehead atoms. The zero-order valence-corrected chi connectivity index (χ0v) is 29.6. The first-order valence-corrected chi connectivity index (χ1v) is 17.9. The van der Waals surface area contributed by atoms with Gasteiger partial charge in [-0.05, 0) is 87.4 Å². The van der Waals surface area contributed by atoms with Gasteiger partial charge >= 0.3 is 0 Å². The summed E-state index contributed by atoms with van der Waals surface area (Å²) >= 11 is 0. The SMILES string of the molecule is Cc1ccc(CN(C(=O)CN(c2ccc(Oc3ccccc3)cc2)S(=O)(=O)c2ccccc2)[C@@H](Cc2ccccc2)C(=O)NC(C)(C)C)cc1. The summed E-state index contributed by atoms with van der Waals surface area (Å²) < 4.78 is 35.6. The Morgan fingerprint density at radius 2 is 1.24 bits per heavy atom.